The SMILES string of the molecule is C=CCOc1ccc(Cl)cc1/C=N\NC(=O)C(=O)NC1CC1. The molecule has 0 unspecified atom stereocenters. The summed E-state index contributed by atoms with van der Waals surface area (Å²) in [6, 6.07) is 5.13. The normalized spacial score (nSPS) is 13.7. The van der Waals surface area contributed by atoms with Crippen molar-refractivity contribution >= 4 is 29.6 Å². The molecule has 0 aromatic heterocycles. The Kier molecular flexibility index (Phi) is 5.55. The highest BCUT2D eigenvalue weighted by atomic mass is 35.5. The highest BCUT2D eigenvalue weighted by molar-refractivity contribution is 6.35. The molecular formula is C15H16ClN3O3. The first-order chi connectivity index (χ1) is 10.6. The zero-order valence-corrected chi connectivity index (χ0v) is 12.6. The molecule has 1 aromatic carbocycles. The Hall–Kier alpha value is -2.34. The average Bonchev–Trinajstić information content (AvgIpc) is 3.30. The number of hydrogen-bond donors (Lipinski definition) is 2. The molecule has 0 atom stereocenters. The molecule has 1 aliphatic carbocycles. The van der Waals surface area contributed by atoms with Crippen LogP contribution in [0.25, 0.3) is 0 Å². The molecule has 116 valence electrons. The number of hydrogen-bond acceptors (Lipinski definition) is 4. The van der Waals surface area contributed by atoms with E-state index >= 15 is 0 Å². The maximum Gasteiger partial charge on any atom is 0.329 e. The van der Waals surface area contributed by atoms with Gasteiger partial charge >= 0.3 is 11.8 Å². The molecule has 1 fully saturated rings. The Morgan fingerprint density at radius 1 is 1.41 bits per heavy atom. The van der Waals surface area contributed by atoms with Crippen LogP contribution in [0.4, 0.5) is 0 Å². The summed E-state index contributed by atoms with van der Waals surface area (Å²) in [7, 11) is 0. The van der Waals surface area contributed by atoms with Crippen molar-refractivity contribution in [2.45, 2.75) is 18.9 Å². The number of rotatable bonds is 6. The summed E-state index contributed by atoms with van der Waals surface area (Å²) < 4.78 is 5.45. The quantitative estimate of drug-likeness (QED) is 0.362. The first-order valence-electron chi connectivity index (χ1n) is 6.77. The molecule has 7 heteroatoms. The monoisotopic (exact) mass is 321 g/mol. The molecule has 0 radical (unpaired) electrons. The first-order valence-corrected chi connectivity index (χ1v) is 7.15. The fourth-order valence-corrected chi connectivity index (χ4v) is 1.77. The minimum atomic E-state index is -0.807. The van der Waals surface area contributed by atoms with Crippen molar-refractivity contribution in [3.05, 3.63) is 41.4 Å². The molecule has 2 amide bonds. The third-order valence-corrected chi connectivity index (χ3v) is 3.05. The Balaban J connectivity index is 1.95. The van der Waals surface area contributed by atoms with Gasteiger partial charge in [0.25, 0.3) is 0 Å². The van der Waals surface area contributed by atoms with Crippen LogP contribution in [0.5, 0.6) is 5.75 Å². The lowest BCUT2D eigenvalue weighted by Gasteiger charge is -2.07. The highest BCUT2D eigenvalue weighted by Crippen LogP contribution is 2.21. The van der Waals surface area contributed by atoms with Gasteiger partial charge in [0.1, 0.15) is 12.4 Å². The lowest BCUT2D eigenvalue weighted by Crippen LogP contribution is -2.38. The lowest BCUT2D eigenvalue weighted by atomic mass is 10.2. The Labute approximate surface area is 133 Å². The molecule has 0 heterocycles. The van der Waals surface area contributed by atoms with Gasteiger partial charge in [0.2, 0.25) is 0 Å². The smallest absolute Gasteiger partial charge is 0.329 e. The van der Waals surface area contributed by atoms with Crippen molar-refractivity contribution in [3.8, 4) is 5.75 Å². The van der Waals surface area contributed by atoms with Crippen LogP contribution in [0, 0.1) is 0 Å². The van der Waals surface area contributed by atoms with Crippen LogP contribution >= 0.6 is 11.6 Å². The summed E-state index contributed by atoms with van der Waals surface area (Å²) in [4.78, 5) is 23.0. The zero-order valence-electron chi connectivity index (χ0n) is 11.8. The van der Waals surface area contributed by atoms with E-state index in [9.17, 15) is 9.59 Å². The summed E-state index contributed by atoms with van der Waals surface area (Å²) in [5.74, 6) is -0.947. The summed E-state index contributed by atoms with van der Waals surface area (Å²) in [6.07, 6.45) is 4.80. The van der Waals surface area contributed by atoms with Crippen molar-refractivity contribution < 1.29 is 14.3 Å². The molecule has 0 spiro atoms. The fraction of sp³-hybridized carbons (Fsp3) is 0.267. The maximum absolute atomic E-state index is 11.5. The van der Waals surface area contributed by atoms with Crippen LogP contribution < -0.4 is 15.5 Å². The van der Waals surface area contributed by atoms with E-state index in [1.165, 1.54) is 6.21 Å². The standard InChI is InChI=1S/C15H16ClN3O3/c1-2-7-22-13-6-3-11(16)8-10(13)9-17-19-15(21)14(20)18-12-4-5-12/h2-3,6,8-9,12H,1,4-5,7H2,(H,18,20)(H,19,21)/b17-9-. The van der Waals surface area contributed by atoms with Crippen molar-refractivity contribution in [2.24, 2.45) is 5.10 Å². The third-order valence-electron chi connectivity index (χ3n) is 2.82. The second kappa shape index (κ2) is 7.61. The van der Waals surface area contributed by atoms with Crippen molar-refractivity contribution in [1.82, 2.24) is 10.7 Å². The van der Waals surface area contributed by atoms with Gasteiger partial charge in [0.05, 0.1) is 6.21 Å². The maximum atomic E-state index is 11.5. The molecular weight excluding hydrogens is 306 g/mol. The minimum Gasteiger partial charge on any atom is -0.489 e. The summed E-state index contributed by atoms with van der Waals surface area (Å²) >= 11 is 5.92. The first kappa shape index (κ1) is 16.0. The van der Waals surface area contributed by atoms with E-state index in [4.69, 9.17) is 16.3 Å². The Bertz CT molecular complexity index is 612. The summed E-state index contributed by atoms with van der Waals surface area (Å²) in [5.41, 5.74) is 2.75. The predicted octanol–water partition coefficient (Wildman–Crippen LogP) is 1.63. The van der Waals surface area contributed by atoms with E-state index in [0.717, 1.165) is 12.8 Å². The molecule has 0 saturated heterocycles. The van der Waals surface area contributed by atoms with Crippen molar-refractivity contribution in [2.75, 3.05) is 6.61 Å². The van der Waals surface area contributed by atoms with E-state index in [-0.39, 0.29) is 6.04 Å². The van der Waals surface area contributed by atoms with Crippen LogP contribution in [0.2, 0.25) is 5.02 Å². The van der Waals surface area contributed by atoms with Gasteiger partial charge in [-0.1, -0.05) is 24.3 Å². The van der Waals surface area contributed by atoms with Crippen LogP contribution in [-0.4, -0.2) is 30.7 Å². The van der Waals surface area contributed by atoms with Gasteiger partial charge in [0, 0.05) is 16.6 Å². The third kappa shape index (κ3) is 4.89. The summed E-state index contributed by atoms with van der Waals surface area (Å²) in [5, 5.41) is 6.82. The minimum absolute atomic E-state index is 0.120. The van der Waals surface area contributed by atoms with Gasteiger partial charge in [-0.25, -0.2) is 5.43 Å². The average molecular weight is 322 g/mol. The topological polar surface area (TPSA) is 79.8 Å². The molecule has 1 aromatic rings. The van der Waals surface area contributed by atoms with Crippen LogP contribution in [0.3, 0.4) is 0 Å². The van der Waals surface area contributed by atoms with E-state index in [1.54, 1.807) is 24.3 Å². The van der Waals surface area contributed by atoms with Gasteiger partial charge in [-0.3, -0.25) is 9.59 Å². The summed E-state index contributed by atoms with van der Waals surface area (Å²) in [6.45, 7) is 3.90. The van der Waals surface area contributed by atoms with Gasteiger partial charge in [-0.15, -0.1) is 0 Å². The Morgan fingerprint density at radius 2 is 2.18 bits per heavy atom. The predicted molar refractivity (Wildman–Crippen MR) is 84.0 cm³/mol. The van der Waals surface area contributed by atoms with E-state index in [1.807, 2.05) is 0 Å². The van der Waals surface area contributed by atoms with Crippen molar-refractivity contribution in [1.29, 1.82) is 0 Å². The largest absolute Gasteiger partial charge is 0.489 e. The van der Waals surface area contributed by atoms with Gasteiger partial charge < -0.3 is 10.1 Å². The van der Waals surface area contributed by atoms with Crippen LogP contribution in [-0.2, 0) is 9.59 Å². The van der Waals surface area contributed by atoms with E-state index < -0.39 is 11.8 Å². The van der Waals surface area contributed by atoms with Gasteiger partial charge in [-0.2, -0.15) is 5.10 Å². The molecule has 6 nitrogen and oxygen atoms in total. The van der Waals surface area contributed by atoms with Crippen LogP contribution in [0.15, 0.2) is 36.0 Å². The molecule has 1 saturated carbocycles. The van der Waals surface area contributed by atoms with Gasteiger partial charge in [0.15, 0.2) is 0 Å². The van der Waals surface area contributed by atoms with Crippen molar-refractivity contribution in [3.63, 3.8) is 0 Å². The lowest BCUT2D eigenvalue weighted by molar-refractivity contribution is -0.139. The van der Waals surface area contributed by atoms with E-state index in [2.05, 4.69) is 22.4 Å². The number of amides is 2. The van der Waals surface area contributed by atoms with Gasteiger partial charge in [-0.05, 0) is 31.0 Å². The number of nitrogens with one attached hydrogen (secondary N) is 2. The number of carbonyl (C=O) groups is 2. The fourth-order valence-electron chi connectivity index (χ4n) is 1.59. The highest BCUT2D eigenvalue weighted by Gasteiger charge is 2.26. The number of halogens is 1. The number of ether oxygens (including phenoxy) is 1. The number of carbonyl (C=O) groups excluding carboxylic acids is 2. The van der Waals surface area contributed by atoms with E-state index in [0.29, 0.717) is 22.9 Å². The van der Waals surface area contributed by atoms with Crippen LogP contribution in [0.1, 0.15) is 18.4 Å². The number of nitrogens with zero attached hydrogens (tertiary/aromatic N) is 1. The second-order valence-electron chi connectivity index (χ2n) is 4.73. The molecule has 0 bridgehead atoms. The number of benzene rings is 1. The second-order valence-corrected chi connectivity index (χ2v) is 5.17. The molecule has 2 N–H and O–H groups in total. The molecule has 0 aliphatic heterocycles. The zero-order chi connectivity index (χ0) is 15.9. The Morgan fingerprint density at radius 3 is 2.86 bits per heavy atom. The number of hydrazone groups is 1. The molecule has 22 heavy (non-hydrogen) atoms. The molecule has 2 rings (SSSR count). The molecule has 1 aliphatic rings.